The fourth-order valence-electron chi connectivity index (χ4n) is 2.61. The zero-order chi connectivity index (χ0) is 17.9. The van der Waals surface area contributed by atoms with Crippen molar-refractivity contribution in [3.05, 3.63) is 59.9 Å². The quantitative estimate of drug-likeness (QED) is 0.506. The smallest absolute Gasteiger partial charge is 0.338 e. The van der Waals surface area contributed by atoms with Gasteiger partial charge < -0.3 is 4.74 Å². The maximum Gasteiger partial charge on any atom is 0.338 e. The Morgan fingerprint density at radius 3 is 2.73 bits per heavy atom. The normalized spacial score (nSPS) is 11.0. The number of carbonyl (C=O) groups excluding carboxylic acids is 1. The average molecular weight is 349 g/mol. The van der Waals surface area contributed by atoms with Crippen molar-refractivity contribution in [3.63, 3.8) is 0 Å². The van der Waals surface area contributed by atoms with Crippen LogP contribution in [0.5, 0.6) is 0 Å². The number of carbonyl (C=O) groups is 1. The molecule has 130 valence electrons. The van der Waals surface area contributed by atoms with Crippen LogP contribution in [0.25, 0.3) is 16.7 Å². The van der Waals surface area contributed by atoms with E-state index in [0.717, 1.165) is 11.2 Å². The molecule has 26 heavy (non-hydrogen) atoms. The van der Waals surface area contributed by atoms with Crippen molar-refractivity contribution in [2.24, 2.45) is 0 Å². The molecule has 0 aliphatic rings. The van der Waals surface area contributed by atoms with Gasteiger partial charge in [0.25, 0.3) is 0 Å². The summed E-state index contributed by atoms with van der Waals surface area (Å²) in [5.41, 5.74) is 2.72. The first kappa shape index (κ1) is 15.9. The molecule has 0 aliphatic carbocycles. The molecule has 0 bridgehead atoms. The van der Waals surface area contributed by atoms with Crippen LogP contribution < -0.4 is 0 Å². The highest BCUT2D eigenvalue weighted by Crippen LogP contribution is 2.15. The minimum Gasteiger partial charge on any atom is -0.454 e. The summed E-state index contributed by atoms with van der Waals surface area (Å²) in [6, 6.07) is 14.6. The maximum absolute atomic E-state index is 12.4. The highest BCUT2D eigenvalue weighted by atomic mass is 16.5. The van der Waals surface area contributed by atoms with Gasteiger partial charge in [0.1, 0.15) is 5.52 Å². The molecule has 0 saturated heterocycles. The van der Waals surface area contributed by atoms with Crippen LogP contribution in [-0.2, 0) is 17.9 Å². The first-order valence-electron chi connectivity index (χ1n) is 8.09. The largest absolute Gasteiger partial charge is 0.454 e. The van der Waals surface area contributed by atoms with Crippen LogP contribution in [-0.4, -0.2) is 41.2 Å². The minimum absolute atomic E-state index is 0.0413. The second-order valence-corrected chi connectivity index (χ2v) is 5.53. The number of ether oxygens (including phenoxy) is 1. The van der Waals surface area contributed by atoms with Gasteiger partial charge in [0, 0.05) is 6.54 Å². The van der Waals surface area contributed by atoms with E-state index in [1.807, 2.05) is 43.3 Å². The van der Waals surface area contributed by atoms with Gasteiger partial charge in [0.05, 0.1) is 16.8 Å². The third-order valence-corrected chi connectivity index (χ3v) is 3.92. The lowest BCUT2D eigenvalue weighted by atomic mass is 10.2. The maximum atomic E-state index is 12.4. The van der Waals surface area contributed by atoms with E-state index in [1.165, 1.54) is 4.68 Å². The highest BCUT2D eigenvalue weighted by Gasteiger charge is 2.14. The zero-order valence-electron chi connectivity index (χ0n) is 14.0. The summed E-state index contributed by atoms with van der Waals surface area (Å²) in [5, 5.41) is 19.6. The molecule has 9 heteroatoms. The topological polar surface area (TPSA) is 101 Å². The number of tetrazole rings is 1. The molecule has 9 nitrogen and oxygen atoms in total. The summed E-state index contributed by atoms with van der Waals surface area (Å²) in [5.74, 6) is -0.0388. The van der Waals surface area contributed by atoms with Crippen LogP contribution >= 0.6 is 0 Å². The molecule has 0 fully saturated rings. The monoisotopic (exact) mass is 349 g/mol. The van der Waals surface area contributed by atoms with Gasteiger partial charge in [-0.15, -0.1) is 10.2 Å². The SMILES string of the molecule is CCn1nnc2cc(C(=O)OCc3nnnn3-c3ccccc3)ccc21. The first-order chi connectivity index (χ1) is 12.8. The number of hydrogen-bond donors (Lipinski definition) is 0. The first-order valence-corrected chi connectivity index (χ1v) is 8.09. The standard InChI is InChI=1S/C17H15N7O2/c1-2-23-15-9-8-12(10-14(15)18-21-23)17(25)26-11-16-19-20-22-24(16)13-6-4-3-5-7-13/h3-10H,2,11H2,1H3. The van der Waals surface area contributed by atoms with Gasteiger partial charge in [-0.05, 0) is 47.7 Å². The van der Waals surface area contributed by atoms with Gasteiger partial charge in [0.2, 0.25) is 0 Å². The van der Waals surface area contributed by atoms with Crippen LogP contribution in [0.4, 0.5) is 0 Å². The van der Waals surface area contributed by atoms with Crippen molar-refractivity contribution in [2.45, 2.75) is 20.1 Å². The van der Waals surface area contributed by atoms with E-state index < -0.39 is 5.97 Å². The Balaban J connectivity index is 1.51. The Kier molecular flexibility index (Phi) is 4.10. The molecule has 0 atom stereocenters. The van der Waals surface area contributed by atoms with E-state index in [0.29, 0.717) is 23.4 Å². The second kappa shape index (κ2) is 6.71. The van der Waals surface area contributed by atoms with Crippen LogP contribution in [0, 0.1) is 0 Å². The Bertz CT molecular complexity index is 1060. The molecule has 2 aromatic carbocycles. The molecule has 0 spiro atoms. The molecule has 0 aliphatic heterocycles. The molecule has 2 heterocycles. The van der Waals surface area contributed by atoms with Gasteiger partial charge in [-0.1, -0.05) is 23.4 Å². The Morgan fingerprint density at radius 1 is 1.08 bits per heavy atom. The Labute approximate surface area is 148 Å². The zero-order valence-corrected chi connectivity index (χ0v) is 14.0. The summed E-state index contributed by atoms with van der Waals surface area (Å²) in [6.07, 6.45) is 0. The number of rotatable bonds is 5. The van der Waals surface area contributed by atoms with Crippen molar-refractivity contribution in [2.75, 3.05) is 0 Å². The Hall–Kier alpha value is -3.62. The van der Waals surface area contributed by atoms with Gasteiger partial charge >= 0.3 is 5.97 Å². The van der Waals surface area contributed by atoms with Crippen LogP contribution in [0.3, 0.4) is 0 Å². The van der Waals surface area contributed by atoms with Crippen molar-refractivity contribution < 1.29 is 9.53 Å². The number of hydrogen-bond acceptors (Lipinski definition) is 7. The second-order valence-electron chi connectivity index (χ2n) is 5.53. The fourth-order valence-corrected chi connectivity index (χ4v) is 2.61. The summed E-state index contributed by atoms with van der Waals surface area (Å²) >= 11 is 0. The lowest BCUT2D eigenvalue weighted by Gasteiger charge is -2.06. The van der Waals surface area contributed by atoms with Gasteiger partial charge in [0.15, 0.2) is 12.4 Å². The molecule has 0 radical (unpaired) electrons. The van der Waals surface area contributed by atoms with Crippen LogP contribution in [0.2, 0.25) is 0 Å². The molecule has 0 unspecified atom stereocenters. The van der Waals surface area contributed by atoms with E-state index in [-0.39, 0.29) is 6.61 Å². The molecular formula is C17H15N7O2. The number of benzene rings is 2. The summed E-state index contributed by atoms with van der Waals surface area (Å²) in [4.78, 5) is 12.4. The lowest BCUT2D eigenvalue weighted by molar-refractivity contribution is 0.0459. The van der Waals surface area contributed by atoms with E-state index >= 15 is 0 Å². The number of nitrogens with zero attached hydrogens (tertiary/aromatic N) is 7. The summed E-state index contributed by atoms with van der Waals surface area (Å²) in [7, 11) is 0. The Morgan fingerprint density at radius 2 is 1.92 bits per heavy atom. The van der Waals surface area contributed by atoms with Crippen LogP contribution in [0.1, 0.15) is 23.1 Å². The molecule has 4 aromatic rings. The fraction of sp³-hybridized carbons (Fsp3) is 0.176. The van der Waals surface area contributed by atoms with E-state index in [4.69, 9.17) is 4.74 Å². The molecule has 0 amide bonds. The minimum atomic E-state index is -0.472. The van der Waals surface area contributed by atoms with E-state index in [2.05, 4.69) is 25.8 Å². The third-order valence-electron chi connectivity index (χ3n) is 3.92. The number of para-hydroxylation sites is 1. The van der Waals surface area contributed by atoms with Crippen molar-refractivity contribution in [1.82, 2.24) is 35.2 Å². The third kappa shape index (κ3) is 2.90. The molecular weight excluding hydrogens is 334 g/mol. The van der Waals surface area contributed by atoms with Crippen LogP contribution in [0.15, 0.2) is 48.5 Å². The summed E-state index contributed by atoms with van der Waals surface area (Å²) in [6.45, 7) is 2.65. The predicted octanol–water partition coefficient (Wildman–Crippen LogP) is 1.78. The van der Waals surface area contributed by atoms with E-state index in [1.54, 1.807) is 16.8 Å². The molecule has 0 N–H and O–H groups in total. The average Bonchev–Trinajstić information content (AvgIpc) is 3.32. The lowest BCUT2D eigenvalue weighted by Crippen LogP contribution is -2.10. The number of fused-ring (bicyclic) bond motifs is 1. The van der Waals surface area contributed by atoms with Crippen molar-refractivity contribution in [1.29, 1.82) is 0 Å². The van der Waals surface area contributed by atoms with Gasteiger partial charge in [-0.2, -0.15) is 4.68 Å². The number of esters is 1. The summed E-state index contributed by atoms with van der Waals surface area (Å²) < 4.78 is 8.65. The predicted molar refractivity (Wildman–Crippen MR) is 91.5 cm³/mol. The molecule has 0 saturated carbocycles. The van der Waals surface area contributed by atoms with E-state index in [9.17, 15) is 4.79 Å². The van der Waals surface area contributed by atoms with Gasteiger partial charge in [-0.25, -0.2) is 9.48 Å². The molecule has 2 aromatic heterocycles. The van der Waals surface area contributed by atoms with Gasteiger partial charge in [-0.3, -0.25) is 0 Å². The molecule has 4 rings (SSSR count). The number of aromatic nitrogens is 7. The van der Waals surface area contributed by atoms with Crippen molar-refractivity contribution in [3.8, 4) is 5.69 Å². The van der Waals surface area contributed by atoms with Crippen molar-refractivity contribution >= 4 is 17.0 Å². The number of aryl methyl sites for hydroxylation is 1. The highest BCUT2D eigenvalue weighted by molar-refractivity contribution is 5.93.